The molecule has 1 unspecified atom stereocenters. The normalized spacial score (nSPS) is 18.6. The Morgan fingerprint density at radius 2 is 1.92 bits per heavy atom. The summed E-state index contributed by atoms with van der Waals surface area (Å²) in [6, 6.07) is 10.5. The van der Waals surface area contributed by atoms with E-state index in [9.17, 15) is 8.42 Å². The molecule has 1 aromatic carbocycles. The second-order valence-electron chi connectivity index (χ2n) is 6.65. The van der Waals surface area contributed by atoms with E-state index in [0.29, 0.717) is 17.3 Å². The van der Waals surface area contributed by atoms with Crippen molar-refractivity contribution in [3.05, 3.63) is 53.7 Å². The molecular weight excluding hydrogens is 336 g/mol. The minimum atomic E-state index is -3.55. The highest BCUT2D eigenvalue weighted by atomic mass is 32.2. The predicted octanol–water partition coefficient (Wildman–Crippen LogP) is 3.70. The molecule has 0 saturated carbocycles. The number of hydrogen-bond acceptors (Lipinski definition) is 4. The first-order valence-corrected chi connectivity index (χ1v) is 10.0. The maximum absolute atomic E-state index is 13.1. The van der Waals surface area contributed by atoms with Crippen LogP contribution in [0.15, 0.2) is 47.5 Å². The Hall–Kier alpha value is -1.92. The van der Waals surface area contributed by atoms with Crippen LogP contribution in [0.1, 0.15) is 43.9 Å². The summed E-state index contributed by atoms with van der Waals surface area (Å²) in [5, 5.41) is 0. The highest BCUT2D eigenvalue weighted by molar-refractivity contribution is 7.89. The fourth-order valence-electron chi connectivity index (χ4n) is 3.16. The van der Waals surface area contributed by atoms with Crippen LogP contribution in [0.2, 0.25) is 0 Å². The van der Waals surface area contributed by atoms with E-state index in [2.05, 4.69) is 4.98 Å². The largest absolute Gasteiger partial charge is 0.475 e. The number of ether oxygens (including phenoxy) is 1. The first-order valence-electron chi connectivity index (χ1n) is 8.59. The molecule has 6 heteroatoms. The number of sulfonamides is 1. The van der Waals surface area contributed by atoms with Crippen LogP contribution in [0.3, 0.4) is 0 Å². The number of benzene rings is 1. The van der Waals surface area contributed by atoms with Crippen molar-refractivity contribution in [1.82, 2.24) is 9.29 Å². The van der Waals surface area contributed by atoms with Crippen molar-refractivity contribution in [3.8, 4) is 5.88 Å². The lowest BCUT2D eigenvalue weighted by Crippen LogP contribution is -2.31. The average molecular weight is 360 g/mol. The minimum absolute atomic E-state index is 0.0165. The molecule has 1 fully saturated rings. The standard InChI is InChI=1S/C19H24N2O3S/c1-14(2)24-19-17(6-4-12-20-19)18-7-5-13-21(18)25(22,23)16-10-8-15(3)9-11-16/h4,6,8-12,14,18H,5,7,13H2,1-3H3. The van der Waals surface area contributed by atoms with Gasteiger partial charge in [-0.1, -0.05) is 23.8 Å². The van der Waals surface area contributed by atoms with Gasteiger partial charge in [-0.25, -0.2) is 13.4 Å². The molecule has 0 amide bonds. The van der Waals surface area contributed by atoms with Gasteiger partial charge in [-0.3, -0.25) is 0 Å². The van der Waals surface area contributed by atoms with Crippen LogP contribution in [0.5, 0.6) is 5.88 Å². The zero-order chi connectivity index (χ0) is 18.0. The highest BCUT2D eigenvalue weighted by Crippen LogP contribution is 2.39. The van der Waals surface area contributed by atoms with Gasteiger partial charge in [0.15, 0.2) is 0 Å². The average Bonchev–Trinajstić information content (AvgIpc) is 3.05. The second kappa shape index (κ2) is 7.14. The van der Waals surface area contributed by atoms with Crippen molar-refractivity contribution in [2.75, 3.05) is 6.54 Å². The molecule has 25 heavy (non-hydrogen) atoms. The summed E-state index contributed by atoms with van der Waals surface area (Å²) in [4.78, 5) is 4.65. The molecule has 1 saturated heterocycles. The van der Waals surface area contributed by atoms with Crippen molar-refractivity contribution >= 4 is 10.0 Å². The van der Waals surface area contributed by atoms with E-state index in [0.717, 1.165) is 24.0 Å². The molecule has 2 aromatic rings. The first-order chi connectivity index (χ1) is 11.9. The van der Waals surface area contributed by atoms with Crippen LogP contribution in [0.25, 0.3) is 0 Å². The summed E-state index contributed by atoms with van der Waals surface area (Å²) in [5.74, 6) is 0.522. The summed E-state index contributed by atoms with van der Waals surface area (Å²) >= 11 is 0. The van der Waals surface area contributed by atoms with Gasteiger partial charge in [-0.05, 0) is 51.8 Å². The molecule has 0 N–H and O–H groups in total. The third kappa shape index (κ3) is 3.70. The summed E-state index contributed by atoms with van der Waals surface area (Å²) in [6.07, 6.45) is 3.25. The van der Waals surface area contributed by atoms with Gasteiger partial charge >= 0.3 is 0 Å². The zero-order valence-electron chi connectivity index (χ0n) is 14.8. The molecule has 134 valence electrons. The Kier molecular flexibility index (Phi) is 5.11. The van der Waals surface area contributed by atoms with Crippen LogP contribution >= 0.6 is 0 Å². The predicted molar refractivity (Wildman–Crippen MR) is 97.0 cm³/mol. The van der Waals surface area contributed by atoms with Gasteiger partial charge in [0, 0.05) is 18.3 Å². The Morgan fingerprint density at radius 3 is 2.60 bits per heavy atom. The number of pyridine rings is 1. The van der Waals surface area contributed by atoms with E-state index in [1.54, 1.807) is 22.6 Å². The fraction of sp³-hybridized carbons (Fsp3) is 0.421. The van der Waals surface area contributed by atoms with E-state index < -0.39 is 10.0 Å². The van der Waals surface area contributed by atoms with Gasteiger partial charge < -0.3 is 4.74 Å². The van der Waals surface area contributed by atoms with Crippen molar-refractivity contribution < 1.29 is 13.2 Å². The smallest absolute Gasteiger partial charge is 0.243 e. The Bertz CT molecular complexity index is 832. The highest BCUT2D eigenvalue weighted by Gasteiger charge is 2.37. The van der Waals surface area contributed by atoms with E-state index in [1.807, 2.05) is 45.0 Å². The lowest BCUT2D eigenvalue weighted by Gasteiger charge is -2.26. The number of hydrogen-bond donors (Lipinski definition) is 0. The second-order valence-corrected chi connectivity index (χ2v) is 8.54. The van der Waals surface area contributed by atoms with Crippen LogP contribution < -0.4 is 4.74 Å². The third-order valence-electron chi connectivity index (χ3n) is 4.34. The van der Waals surface area contributed by atoms with E-state index >= 15 is 0 Å². The first kappa shape index (κ1) is 17.9. The lowest BCUT2D eigenvalue weighted by atomic mass is 10.1. The molecule has 0 aliphatic carbocycles. The van der Waals surface area contributed by atoms with Gasteiger partial charge in [-0.2, -0.15) is 4.31 Å². The van der Waals surface area contributed by atoms with E-state index in [1.165, 1.54) is 0 Å². The zero-order valence-corrected chi connectivity index (χ0v) is 15.7. The number of aryl methyl sites for hydroxylation is 1. The van der Waals surface area contributed by atoms with Crippen LogP contribution in [0, 0.1) is 6.92 Å². The molecule has 1 aliphatic rings. The van der Waals surface area contributed by atoms with Gasteiger partial charge in [0.1, 0.15) is 0 Å². The van der Waals surface area contributed by atoms with Crippen LogP contribution in [0.4, 0.5) is 0 Å². The molecule has 0 bridgehead atoms. The minimum Gasteiger partial charge on any atom is -0.475 e. The van der Waals surface area contributed by atoms with Crippen molar-refractivity contribution in [3.63, 3.8) is 0 Å². The van der Waals surface area contributed by atoms with Crippen LogP contribution in [-0.4, -0.2) is 30.4 Å². The van der Waals surface area contributed by atoms with Gasteiger partial charge in [-0.15, -0.1) is 0 Å². The molecule has 1 aliphatic heterocycles. The lowest BCUT2D eigenvalue weighted by molar-refractivity contribution is 0.225. The fourth-order valence-corrected chi connectivity index (χ4v) is 4.84. The van der Waals surface area contributed by atoms with Crippen LogP contribution in [-0.2, 0) is 10.0 Å². The summed E-state index contributed by atoms with van der Waals surface area (Å²) in [5.41, 5.74) is 1.88. The monoisotopic (exact) mass is 360 g/mol. The van der Waals surface area contributed by atoms with Crippen molar-refractivity contribution in [1.29, 1.82) is 0 Å². The molecule has 3 rings (SSSR count). The molecule has 2 heterocycles. The SMILES string of the molecule is Cc1ccc(S(=O)(=O)N2CCCC2c2cccnc2OC(C)C)cc1. The van der Waals surface area contributed by atoms with E-state index in [-0.39, 0.29) is 12.1 Å². The van der Waals surface area contributed by atoms with E-state index in [4.69, 9.17) is 4.74 Å². The van der Waals surface area contributed by atoms with Gasteiger partial charge in [0.2, 0.25) is 15.9 Å². The molecular formula is C19H24N2O3S. The number of rotatable bonds is 5. The Morgan fingerprint density at radius 1 is 1.20 bits per heavy atom. The quantitative estimate of drug-likeness (QED) is 0.816. The van der Waals surface area contributed by atoms with Crippen molar-refractivity contribution in [2.24, 2.45) is 0 Å². The molecule has 0 radical (unpaired) electrons. The maximum atomic E-state index is 13.1. The molecule has 0 spiro atoms. The molecule has 1 atom stereocenters. The summed E-state index contributed by atoms with van der Waals surface area (Å²) in [7, 11) is -3.55. The van der Waals surface area contributed by atoms with Gasteiger partial charge in [0.25, 0.3) is 0 Å². The topological polar surface area (TPSA) is 59.5 Å². The number of aromatic nitrogens is 1. The Labute approximate surface area is 149 Å². The Balaban J connectivity index is 1.97. The third-order valence-corrected chi connectivity index (χ3v) is 6.26. The van der Waals surface area contributed by atoms with Crippen molar-refractivity contribution in [2.45, 2.75) is 50.7 Å². The molecule has 5 nitrogen and oxygen atoms in total. The number of nitrogens with zero attached hydrogens (tertiary/aromatic N) is 2. The molecule has 1 aromatic heterocycles. The maximum Gasteiger partial charge on any atom is 0.243 e. The summed E-state index contributed by atoms with van der Waals surface area (Å²) < 4.78 is 33.6. The van der Waals surface area contributed by atoms with Gasteiger partial charge in [0.05, 0.1) is 17.0 Å². The summed E-state index contributed by atoms with van der Waals surface area (Å²) in [6.45, 7) is 6.33.